The lowest BCUT2D eigenvalue weighted by Gasteiger charge is -2.32. The van der Waals surface area contributed by atoms with Crippen LogP contribution >= 0.6 is 12.2 Å². The highest BCUT2D eigenvalue weighted by Crippen LogP contribution is 2.22. The molecule has 0 unspecified atom stereocenters. The van der Waals surface area contributed by atoms with Gasteiger partial charge in [0.15, 0.2) is 0 Å². The average molecular weight is 304 g/mol. The van der Waals surface area contributed by atoms with Crippen molar-refractivity contribution in [3.63, 3.8) is 0 Å². The van der Waals surface area contributed by atoms with E-state index < -0.39 is 0 Å². The van der Waals surface area contributed by atoms with E-state index in [1.807, 2.05) is 41.8 Å². The molecule has 21 heavy (non-hydrogen) atoms. The summed E-state index contributed by atoms with van der Waals surface area (Å²) in [6, 6.07) is 10.1. The van der Waals surface area contributed by atoms with Gasteiger partial charge in [0.05, 0.1) is 11.8 Å². The summed E-state index contributed by atoms with van der Waals surface area (Å²) in [6.07, 6.45) is 2.43. The predicted molar refractivity (Wildman–Crippen MR) is 85.6 cm³/mol. The summed E-state index contributed by atoms with van der Waals surface area (Å²) in [5.41, 5.74) is 1.04. The number of hydrogen-bond acceptors (Lipinski definition) is 4. The lowest BCUT2D eigenvalue weighted by atomic mass is 10.1. The molecule has 112 valence electrons. The molecule has 0 radical (unpaired) electrons. The highest BCUT2D eigenvalue weighted by atomic mass is 32.1. The third kappa shape index (κ3) is 3.01. The summed E-state index contributed by atoms with van der Waals surface area (Å²) < 4.78 is 8.33. The largest absolute Gasteiger partial charge is 0.378 e. The van der Waals surface area contributed by atoms with Crippen molar-refractivity contribution in [2.24, 2.45) is 0 Å². The first-order valence-electron chi connectivity index (χ1n) is 7.39. The summed E-state index contributed by atoms with van der Waals surface area (Å²) in [7, 11) is 0. The van der Waals surface area contributed by atoms with Gasteiger partial charge in [-0.25, -0.2) is 5.10 Å². The van der Waals surface area contributed by atoms with Crippen molar-refractivity contribution < 1.29 is 4.74 Å². The summed E-state index contributed by atoms with van der Waals surface area (Å²) >= 11 is 5.38. The number of anilines is 1. The van der Waals surface area contributed by atoms with Gasteiger partial charge in [-0.3, -0.25) is 4.57 Å². The van der Waals surface area contributed by atoms with E-state index in [2.05, 4.69) is 15.1 Å². The Morgan fingerprint density at radius 1 is 1.29 bits per heavy atom. The number of aromatic nitrogens is 3. The van der Waals surface area contributed by atoms with Crippen LogP contribution in [0.4, 0.5) is 5.95 Å². The molecule has 0 atom stereocenters. The minimum atomic E-state index is 0.373. The number of para-hydroxylation sites is 1. The normalized spacial score (nSPS) is 16.3. The number of H-pyrrole nitrogens is 1. The molecule has 0 amide bonds. The molecule has 3 rings (SSSR count). The molecule has 2 aromatic rings. The summed E-state index contributed by atoms with van der Waals surface area (Å²) in [6.45, 7) is 4.72. The van der Waals surface area contributed by atoms with Crippen LogP contribution in [0.15, 0.2) is 30.3 Å². The van der Waals surface area contributed by atoms with E-state index in [4.69, 9.17) is 17.0 Å². The van der Waals surface area contributed by atoms with Crippen LogP contribution in [0.5, 0.6) is 0 Å². The van der Waals surface area contributed by atoms with Crippen LogP contribution in [0.25, 0.3) is 5.69 Å². The zero-order valence-electron chi connectivity index (χ0n) is 12.2. The lowest BCUT2D eigenvalue weighted by molar-refractivity contribution is 0.0457. The number of piperidine rings is 1. The predicted octanol–water partition coefficient (Wildman–Crippen LogP) is 2.94. The second kappa shape index (κ2) is 6.41. The molecule has 0 bridgehead atoms. The van der Waals surface area contributed by atoms with Crippen LogP contribution in [0.1, 0.15) is 19.8 Å². The number of aromatic amines is 1. The Labute approximate surface area is 129 Å². The maximum absolute atomic E-state index is 5.70. The van der Waals surface area contributed by atoms with Gasteiger partial charge in [-0.1, -0.05) is 18.2 Å². The molecule has 1 aliphatic heterocycles. The van der Waals surface area contributed by atoms with Crippen molar-refractivity contribution in [1.82, 2.24) is 14.8 Å². The maximum Gasteiger partial charge on any atom is 0.230 e. The van der Waals surface area contributed by atoms with E-state index in [0.717, 1.165) is 44.2 Å². The topological polar surface area (TPSA) is 46.1 Å². The smallest absolute Gasteiger partial charge is 0.230 e. The number of nitrogens with zero attached hydrogens (tertiary/aromatic N) is 3. The van der Waals surface area contributed by atoms with Crippen molar-refractivity contribution >= 4 is 18.2 Å². The summed E-state index contributed by atoms with van der Waals surface area (Å²) in [5.74, 6) is 0.890. The highest BCUT2D eigenvalue weighted by molar-refractivity contribution is 7.71. The Hall–Kier alpha value is -1.66. The van der Waals surface area contributed by atoms with Crippen LogP contribution in [-0.2, 0) is 4.74 Å². The maximum atomic E-state index is 5.70. The van der Waals surface area contributed by atoms with Crippen LogP contribution in [0.3, 0.4) is 0 Å². The highest BCUT2D eigenvalue weighted by Gasteiger charge is 2.23. The molecule has 1 fully saturated rings. The summed E-state index contributed by atoms with van der Waals surface area (Å²) in [4.78, 5) is 2.27. The minimum Gasteiger partial charge on any atom is -0.378 e. The Balaban J connectivity index is 1.83. The zero-order chi connectivity index (χ0) is 14.7. The zero-order valence-corrected chi connectivity index (χ0v) is 13.0. The van der Waals surface area contributed by atoms with E-state index in [1.54, 1.807) is 0 Å². The fraction of sp³-hybridized carbons (Fsp3) is 0.467. The van der Waals surface area contributed by atoms with Crippen LogP contribution in [0.2, 0.25) is 0 Å². The van der Waals surface area contributed by atoms with Crippen molar-refractivity contribution in [3.8, 4) is 5.69 Å². The van der Waals surface area contributed by atoms with Gasteiger partial charge in [0.2, 0.25) is 10.7 Å². The molecule has 1 aliphatic rings. The monoisotopic (exact) mass is 304 g/mol. The fourth-order valence-electron chi connectivity index (χ4n) is 2.77. The van der Waals surface area contributed by atoms with Gasteiger partial charge in [0.1, 0.15) is 0 Å². The van der Waals surface area contributed by atoms with Crippen LogP contribution < -0.4 is 4.90 Å². The van der Waals surface area contributed by atoms with Gasteiger partial charge in [-0.15, -0.1) is 5.10 Å². The number of benzene rings is 1. The molecule has 0 saturated carbocycles. The molecule has 1 aromatic carbocycles. The molecule has 1 aromatic heterocycles. The first-order chi connectivity index (χ1) is 10.3. The van der Waals surface area contributed by atoms with Crippen LogP contribution in [0, 0.1) is 4.77 Å². The second-order valence-electron chi connectivity index (χ2n) is 5.14. The first-order valence-corrected chi connectivity index (χ1v) is 7.80. The van der Waals surface area contributed by atoms with Gasteiger partial charge < -0.3 is 9.64 Å². The van der Waals surface area contributed by atoms with Gasteiger partial charge in [0, 0.05) is 19.7 Å². The first kappa shape index (κ1) is 14.3. The molecular formula is C15H20N4OS. The third-order valence-corrected chi connectivity index (χ3v) is 4.07. The van der Waals surface area contributed by atoms with Crippen molar-refractivity contribution in [3.05, 3.63) is 35.1 Å². The average Bonchev–Trinajstić information content (AvgIpc) is 2.91. The van der Waals surface area contributed by atoms with Gasteiger partial charge in [-0.05, 0) is 44.1 Å². The fourth-order valence-corrected chi connectivity index (χ4v) is 3.00. The Morgan fingerprint density at radius 3 is 2.67 bits per heavy atom. The van der Waals surface area contributed by atoms with Crippen molar-refractivity contribution in [2.45, 2.75) is 25.9 Å². The third-order valence-electron chi connectivity index (χ3n) is 3.80. The van der Waals surface area contributed by atoms with E-state index >= 15 is 0 Å². The van der Waals surface area contributed by atoms with Crippen LogP contribution in [-0.4, -0.2) is 40.6 Å². The summed E-state index contributed by atoms with van der Waals surface area (Å²) in [5, 5.41) is 7.33. The van der Waals surface area contributed by atoms with Gasteiger partial charge in [0.25, 0.3) is 0 Å². The second-order valence-corrected chi connectivity index (χ2v) is 5.53. The number of ether oxygens (including phenoxy) is 1. The van der Waals surface area contributed by atoms with Gasteiger partial charge >= 0.3 is 0 Å². The van der Waals surface area contributed by atoms with E-state index in [-0.39, 0.29) is 0 Å². The molecule has 6 heteroatoms. The number of nitrogens with one attached hydrogen (secondary N) is 1. The molecule has 2 heterocycles. The molecule has 0 aliphatic carbocycles. The molecule has 1 N–H and O–H groups in total. The molecule has 5 nitrogen and oxygen atoms in total. The number of hydrogen-bond donors (Lipinski definition) is 1. The molecule has 0 spiro atoms. The lowest BCUT2D eigenvalue weighted by Crippen LogP contribution is -2.38. The standard InChI is InChI=1S/C15H20N4OS/c1-2-20-13-8-10-18(11-9-13)14-16-17-15(21)19(14)12-6-4-3-5-7-12/h3-7,13H,2,8-11H2,1H3,(H,17,21). The van der Waals surface area contributed by atoms with Gasteiger partial charge in [-0.2, -0.15) is 0 Å². The van der Waals surface area contributed by atoms with E-state index in [9.17, 15) is 0 Å². The Kier molecular flexibility index (Phi) is 4.36. The van der Waals surface area contributed by atoms with Crippen molar-refractivity contribution in [2.75, 3.05) is 24.6 Å². The van der Waals surface area contributed by atoms with Crippen molar-refractivity contribution in [1.29, 1.82) is 0 Å². The SMILES string of the molecule is CCOC1CCN(c2n[nH]c(=S)n2-c2ccccc2)CC1. The molecular weight excluding hydrogens is 284 g/mol. The Morgan fingerprint density at radius 2 is 2.00 bits per heavy atom. The van der Waals surface area contributed by atoms with E-state index in [0.29, 0.717) is 10.9 Å². The Bertz CT molecular complexity index is 629. The molecule has 1 saturated heterocycles. The van der Waals surface area contributed by atoms with E-state index in [1.165, 1.54) is 0 Å². The number of rotatable bonds is 4. The quantitative estimate of drug-likeness (QED) is 0.882. The minimum absolute atomic E-state index is 0.373.